The average Bonchev–Trinajstić information content (AvgIpc) is 3.05. The number of benzene rings is 2. The predicted octanol–water partition coefficient (Wildman–Crippen LogP) is 5.30. The Bertz CT molecular complexity index is 1050. The summed E-state index contributed by atoms with van der Waals surface area (Å²) >= 11 is 6.21. The summed E-state index contributed by atoms with van der Waals surface area (Å²) in [4.78, 5) is 2.15. The number of hydrogen-bond donors (Lipinski definition) is 2. The summed E-state index contributed by atoms with van der Waals surface area (Å²) in [6.45, 7) is 3.28. The van der Waals surface area contributed by atoms with Gasteiger partial charge >= 0.3 is 12.4 Å². The molecular weight excluding hydrogens is 498 g/mol. The molecule has 0 spiro atoms. The van der Waals surface area contributed by atoms with E-state index in [1.54, 1.807) is 36.4 Å². The normalized spacial score (nSPS) is 20.1. The fraction of sp³-hybridized carbons (Fsp3) is 0.435. The number of nitrogens with zero attached hydrogens (tertiary/aromatic N) is 3. The van der Waals surface area contributed by atoms with E-state index in [-0.39, 0.29) is 10.7 Å². The van der Waals surface area contributed by atoms with E-state index in [0.717, 1.165) is 43.3 Å². The molecule has 0 amide bonds. The van der Waals surface area contributed by atoms with Gasteiger partial charge in [-0.3, -0.25) is 5.01 Å². The van der Waals surface area contributed by atoms with Crippen molar-refractivity contribution in [2.75, 3.05) is 36.1 Å². The van der Waals surface area contributed by atoms with Crippen molar-refractivity contribution in [1.29, 1.82) is 0 Å². The highest BCUT2D eigenvalue weighted by molar-refractivity contribution is 6.33. The molecular formula is C23H23ClF6N4O. The SMILES string of the molecule is OC(C1=NN(c2ccccc2Cl)C(c2ccc(N3CCCNCC3)cc2)C1)(C(F)(F)F)C(F)(F)F. The third-order valence-corrected chi connectivity index (χ3v) is 6.55. The molecule has 1 atom stereocenters. The van der Waals surface area contributed by atoms with Gasteiger partial charge in [-0.1, -0.05) is 35.9 Å². The van der Waals surface area contributed by atoms with Crippen LogP contribution in [0.1, 0.15) is 24.4 Å². The summed E-state index contributed by atoms with van der Waals surface area (Å²) < 4.78 is 81.5. The molecule has 0 radical (unpaired) electrons. The Morgan fingerprint density at radius 1 is 0.914 bits per heavy atom. The van der Waals surface area contributed by atoms with Crippen LogP contribution in [0.15, 0.2) is 53.6 Å². The van der Waals surface area contributed by atoms with Crippen molar-refractivity contribution in [2.45, 2.75) is 36.8 Å². The number of hydrazone groups is 1. The fourth-order valence-corrected chi connectivity index (χ4v) is 4.57. The molecule has 0 aromatic heterocycles. The third kappa shape index (κ3) is 4.81. The molecule has 2 aliphatic rings. The topological polar surface area (TPSA) is 51.1 Å². The highest BCUT2D eigenvalue weighted by Gasteiger charge is 2.74. The first-order valence-corrected chi connectivity index (χ1v) is 11.3. The molecule has 1 fully saturated rings. The highest BCUT2D eigenvalue weighted by Crippen LogP contribution is 2.49. The minimum atomic E-state index is -6.02. The molecule has 190 valence electrons. The largest absolute Gasteiger partial charge is 0.431 e. The Hall–Kier alpha value is -2.50. The van der Waals surface area contributed by atoms with Crippen LogP contribution in [-0.4, -0.2) is 55.0 Å². The van der Waals surface area contributed by atoms with Gasteiger partial charge in [0.2, 0.25) is 0 Å². The van der Waals surface area contributed by atoms with E-state index in [9.17, 15) is 31.4 Å². The molecule has 5 nitrogen and oxygen atoms in total. The van der Waals surface area contributed by atoms with Crippen molar-refractivity contribution < 1.29 is 31.4 Å². The second-order valence-corrected chi connectivity index (χ2v) is 8.86. The predicted molar refractivity (Wildman–Crippen MR) is 122 cm³/mol. The summed E-state index contributed by atoms with van der Waals surface area (Å²) in [7, 11) is 0. The summed E-state index contributed by atoms with van der Waals surface area (Å²) in [5.41, 5.74) is -5.07. The van der Waals surface area contributed by atoms with Crippen molar-refractivity contribution in [3.63, 3.8) is 0 Å². The molecule has 35 heavy (non-hydrogen) atoms. The smallest absolute Gasteiger partial charge is 0.370 e. The maximum absolute atomic E-state index is 13.6. The molecule has 0 bridgehead atoms. The lowest BCUT2D eigenvalue weighted by molar-refractivity contribution is -0.338. The molecule has 0 saturated carbocycles. The summed E-state index contributed by atoms with van der Waals surface area (Å²) in [6.07, 6.45) is -11.9. The van der Waals surface area contributed by atoms with E-state index in [1.807, 2.05) is 0 Å². The van der Waals surface area contributed by atoms with Crippen LogP contribution in [-0.2, 0) is 0 Å². The van der Waals surface area contributed by atoms with E-state index in [4.69, 9.17) is 11.6 Å². The van der Waals surface area contributed by atoms with Gasteiger partial charge in [0.1, 0.15) is 0 Å². The number of aliphatic hydroxyl groups is 1. The lowest BCUT2D eigenvalue weighted by Crippen LogP contribution is -2.62. The number of nitrogens with one attached hydrogen (secondary N) is 1. The van der Waals surface area contributed by atoms with E-state index >= 15 is 0 Å². The first-order valence-electron chi connectivity index (χ1n) is 11.0. The van der Waals surface area contributed by atoms with Gasteiger partial charge in [0.15, 0.2) is 0 Å². The summed E-state index contributed by atoms with van der Waals surface area (Å²) in [5, 5.41) is 18.0. The monoisotopic (exact) mass is 520 g/mol. The minimum absolute atomic E-state index is 0.0961. The second kappa shape index (κ2) is 9.51. The van der Waals surface area contributed by atoms with E-state index < -0.39 is 36.1 Å². The van der Waals surface area contributed by atoms with Gasteiger partial charge in [0.05, 0.1) is 22.5 Å². The number of rotatable bonds is 4. The molecule has 1 unspecified atom stereocenters. The van der Waals surface area contributed by atoms with Crippen molar-refractivity contribution >= 4 is 28.7 Å². The van der Waals surface area contributed by atoms with Crippen LogP contribution in [0, 0.1) is 0 Å². The average molecular weight is 521 g/mol. The maximum Gasteiger partial charge on any atom is 0.431 e. The quantitative estimate of drug-likeness (QED) is 0.537. The van der Waals surface area contributed by atoms with E-state index in [1.165, 1.54) is 12.1 Å². The molecule has 12 heteroatoms. The van der Waals surface area contributed by atoms with Crippen LogP contribution in [0.3, 0.4) is 0 Å². The highest BCUT2D eigenvalue weighted by atomic mass is 35.5. The van der Waals surface area contributed by atoms with E-state index in [0.29, 0.717) is 5.56 Å². The van der Waals surface area contributed by atoms with Crippen LogP contribution >= 0.6 is 11.6 Å². The maximum atomic E-state index is 13.6. The third-order valence-electron chi connectivity index (χ3n) is 6.23. The second-order valence-electron chi connectivity index (χ2n) is 8.45. The first kappa shape index (κ1) is 25.6. The number of para-hydroxylation sites is 1. The van der Waals surface area contributed by atoms with Gasteiger partial charge in [0, 0.05) is 31.7 Å². The zero-order valence-electron chi connectivity index (χ0n) is 18.4. The van der Waals surface area contributed by atoms with Gasteiger partial charge in [-0.05, 0) is 42.8 Å². The molecule has 2 heterocycles. The van der Waals surface area contributed by atoms with Gasteiger partial charge in [-0.25, -0.2) is 0 Å². The zero-order valence-corrected chi connectivity index (χ0v) is 19.1. The molecule has 2 aliphatic heterocycles. The van der Waals surface area contributed by atoms with Crippen LogP contribution in [0.5, 0.6) is 0 Å². The van der Waals surface area contributed by atoms with Gasteiger partial charge in [-0.2, -0.15) is 31.4 Å². The van der Waals surface area contributed by atoms with Crippen molar-refractivity contribution in [1.82, 2.24) is 5.32 Å². The zero-order chi connectivity index (χ0) is 25.4. The van der Waals surface area contributed by atoms with Gasteiger partial charge in [-0.15, -0.1) is 0 Å². The van der Waals surface area contributed by atoms with Crippen LogP contribution in [0.4, 0.5) is 37.7 Å². The van der Waals surface area contributed by atoms with Crippen LogP contribution < -0.4 is 15.2 Å². The van der Waals surface area contributed by atoms with Crippen LogP contribution in [0.2, 0.25) is 5.02 Å². The van der Waals surface area contributed by atoms with Crippen molar-refractivity contribution in [3.8, 4) is 0 Å². The van der Waals surface area contributed by atoms with Crippen molar-refractivity contribution in [2.24, 2.45) is 5.10 Å². The Morgan fingerprint density at radius 3 is 2.20 bits per heavy atom. The molecule has 4 rings (SSSR count). The standard InChI is InChI=1S/C23H23ClF6N4O/c24-17-4-1-2-5-18(17)34-19(14-20(32-34)21(35,22(25,26)27)23(28,29)30)15-6-8-16(9-7-15)33-12-3-10-31-11-13-33/h1-2,4-9,19,31,35H,3,10-14H2. The van der Waals surface area contributed by atoms with Crippen molar-refractivity contribution in [3.05, 3.63) is 59.1 Å². The minimum Gasteiger partial charge on any atom is -0.370 e. The molecule has 2 aromatic carbocycles. The Kier molecular flexibility index (Phi) is 6.96. The lowest BCUT2D eigenvalue weighted by Gasteiger charge is -2.32. The molecule has 2 N–H and O–H groups in total. The van der Waals surface area contributed by atoms with Gasteiger partial charge in [0.25, 0.3) is 5.60 Å². The Balaban J connectivity index is 1.73. The number of halogens is 7. The van der Waals surface area contributed by atoms with E-state index in [2.05, 4.69) is 15.3 Å². The van der Waals surface area contributed by atoms with Crippen LogP contribution in [0.25, 0.3) is 0 Å². The number of alkyl halides is 6. The van der Waals surface area contributed by atoms with Gasteiger partial charge < -0.3 is 15.3 Å². The molecule has 2 aromatic rings. The molecule has 0 aliphatic carbocycles. The Morgan fingerprint density at radius 2 is 1.57 bits per heavy atom. The summed E-state index contributed by atoms with van der Waals surface area (Å²) in [5.74, 6) is 0. The number of anilines is 2. The molecule has 1 saturated heterocycles. The Labute approximate surface area is 203 Å². The lowest BCUT2D eigenvalue weighted by atomic mass is 9.90. The fourth-order valence-electron chi connectivity index (χ4n) is 4.35. The first-order chi connectivity index (χ1) is 16.4. The summed E-state index contributed by atoms with van der Waals surface area (Å²) in [6, 6.07) is 11.9. The number of hydrogen-bond acceptors (Lipinski definition) is 5.